The van der Waals surface area contributed by atoms with Gasteiger partial charge < -0.3 is 5.32 Å². The summed E-state index contributed by atoms with van der Waals surface area (Å²) in [7, 11) is 0. The van der Waals surface area contributed by atoms with Gasteiger partial charge in [-0.15, -0.1) is 0 Å². The fraction of sp³-hybridized carbons (Fsp3) is 0.500. The van der Waals surface area contributed by atoms with Crippen LogP contribution in [0.2, 0.25) is 0 Å². The van der Waals surface area contributed by atoms with Crippen LogP contribution < -0.4 is 5.32 Å². The molecule has 2 aromatic heterocycles. The van der Waals surface area contributed by atoms with E-state index < -0.39 is 0 Å². The number of nitrogens with one attached hydrogen (secondary N) is 1. The van der Waals surface area contributed by atoms with Crippen LogP contribution >= 0.6 is 0 Å². The van der Waals surface area contributed by atoms with Gasteiger partial charge in [0.15, 0.2) is 11.5 Å². The second-order valence-corrected chi connectivity index (χ2v) is 4.55. The Morgan fingerprint density at radius 2 is 2.50 bits per heavy atom. The number of aryl methyl sites for hydroxylation is 1. The van der Waals surface area contributed by atoms with Crippen molar-refractivity contribution in [1.82, 2.24) is 19.9 Å². The van der Waals surface area contributed by atoms with Crippen molar-refractivity contribution in [2.45, 2.75) is 19.8 Å². The predicted molar refractivity (Wildman–Crippen MR) is 62.4 cm³/mol. The van der Waals surface area contributed by atoms with Crippen molar-refractivity contribution < 1.29 is 0 Å². The molecule has 0 spiro atoms. The Morgan fingerprint density at radius 1 is 1.56 bits per heavy atom. The van der Waals surface area contributed by atoms with Gasteiger partial charge >= 0.3 is 0 Å². The maximum absolute atomic E-state index is 4.60. The summed E-state index contributed by atoms with van der Waals surface area (Å²) in [5, 5.41) is 7.89. The average Bonchev–Trinajstić information content (AvgIpc) is 2.88. The molecule has 3 rings (SSSR count). The molecule has 0 amide bonds. The lowest BCUT2D eigenvalue weighted by molar-refractivity contribution is 0.561. The number of fused-ring (bicyclic) bond motifs is 1. The molecule has 3 heterocycles. The van der Waals surface area contributed by atoms with Gasteiger partial charge in [-0.05, 0) is 44.0 Å². The molecule has 0 radical (unpaired) electrons. The second kappa shape index (κ2) is 3.87. The van der Waals surface area contributed by atoms with E-state index in [1.807, 2.05) is 16.8 Å². The third-order valence-electron chi connectivity index (χ3n) is 3.23. The lowest BCUT2D eigenvalue weighted by atomic mass is 10.1. The van der Waals surface area contributed by atoms with Crippen molar-refractivity contribution in [2.75, 3.05) is 13.1 Å². The summed E-state index contributed by atoms with van der Waals surface area (Å²) < 4.78 is 1.88. The van der Waals surface area contributed by atoms with E-state index in [1.165, 1.54) is 12.0 Å². The summed E-state index contributed by atoms with van der Waals surface area (Å²) in [5.74, 6) is 1.68. The molecule has 1 aliphatic rings. The zero-order valence-corrected chi connectivity index (χ0v) is 9.48. The van der Waals surface area contributed by atoms with Gasteiger partial charge in [-0.1, -0.05) is 6.07 Å². The molecule has 2 aromatic rings. The number of pyridine rings is 1. The molecule has 0 saturated carbocycles. The Labute approximate surface area is 94.7 Å². The summed E-state index contributed by atoms with van der Waals surface area (Å²) in [5.41, 5.74) is 2.18. The van der Waals surface area contributed by atoms with Gasteiger partial charge in [-0.25, -0.2) is 9.50 Å². The van der Waals surface area contributed by atoms with E-state index in [0.717, 1.165) is 31.0 Å². The molecule has 16 heavy (non-hydrogen) atoms. The normalized spacial score (nSPS) is 20.7. The van der Waals surface area contributed by atoms with E-state index in [4.69, 9.17) is 0 Å². The maximum Gasteiger partial charge on any atom is 0.158 e. The van der Waals surface area contributed by atoms with E-state index in [2.05, 4.69) is 28.4 Å². The van der Waals surface area contributed by atoms with Crippen LogP contribution in [0.1, 0.15) is 17.8 Å². The molecule has 1 unspecified atom stereocenters. The number of hydrogen-bond donors (Lipinski definition) is 1. The highest BCUT2D eigenvalue weighted by molar-refractivity contribution is 5.45. The van der Waals surface area contributed by atoms with Gasteiger partial charge in [0.25, 0.3) is 0 Å². The van der Waals surface area contributed by atoms with Crippen molar-refractivity contribution in [1.29, 1.82) is 0 Å². The highest BCUT2D eigenvalue weighted by Crippen LogP contribution is 2.14. The van der Waals surface area contributed by atoms with Crippen molar-refractivity contribution in [3.63, 3.8) is 0 Å². The molecular weight excluding hydrogens is 200 g/mol. The van der Waals surface area contributed by atoms with Crippen LogP contribution in [-0.4, -0.2) is 27.7 Å². The van der Waals surface area contributed by atoms with Crippen LogP contribution in [0.4, 0.5) is 0 Å². The van der Waals surface area contributed by atoms with Gasteiger partial charge in [0.2, 0.25) is 0 Å². The molecule has 0 aliphatic carbocycles. The number of nitrogens with zero attached hydrogens (tertiary/aromatic N) is 3. The van der Waals surface area contributed by atoms with E-state index in [9.17, 15) is 0 Å². The Hall–Kier alpha value is -1.42. The van der Waals surface area contributed by atoms with Gasteiger partial charge in [0.1, 0.15) is 0 Å². The summed E-state index contributed by atoms with van der Waals surface area (Å²) in [4.78, 5) is 4.60. The zero-order chi connectivity index (χ0) is 11.0. The molecule has 1 saturated heterocycles. The first-order valence-electron chi connectivity index (χ1n) is 5.84. The van der Waals surface area contributed by atoms with Crippen LogP contribution in [0.25, 0.3) is 5.65 Å². The fourth-order valence-electron chi connectivity index (χ4n) is 2.32. The smallest absolute Gasteiger partial charge is 0.158 e. The average molecular weight is 216 g/mol. The Morgan fingerprint density at radius 3 is 3.25 bits per heavy atom. The monoisotopic (exact) mass is 216 g/mol. The zero-order valence-electron chi connectivity index (χ0n) is 9.48. The molecule has 1 N–H and O–H groups in total. The summed E-state index contributed by atoms with van der Waals surface area (Å²) in [6.07, 6.45) is 4.20. The van der Waals surface area contributed by atoms with Crippen LogP contribution in [0.15, 0.2) is 18.3 Å². The fourth-order valence-corrected chi connectivity index (χ4v) is 2.32. The van der Waals surface area contributed by atoms with Crippen LogP contribution in [0.3, 0.4) is 0 Å². The number of hydrogen-bond acceptors (Lipinski definition) is 3. The molecule has 0 aromatic carbocycles. The first-order valence-corrected chi connectivity index (χ1v) is 5.84. The minimum atomic E-state index is 0.706. The maximum atomic E-state index is 4.60. The van der Waals surface area contributed by atoms with Crippen molar-refractivity contribution >= 4 is 5.65 Å². The first kappa shape index (κ1) is 9.78. The molecule has 0 bridgehead atoms. The molecule has 1 atom stereocenters. The van der Waals surface area contributed by atoms with E-state index in [1.54, 1.807) is 0 Å². The van der Waals surface area contributed by atoms with Gasteiger partial charge in [-0.2, -0.15) is 5.10 Å². The molecule has 4 heteroatoms. The lowest BCUT2D eigenvalue weighted by Crippen LogP contribution is -2.11. The standard InChI is InChI=1S/C12H16N4/c1-9-3-2-6-16-12(9)14-11(15-16)7-10-4-5-13-8-10/h2-3,6,10,13H,4-5,7-8H2,1H3. The highest BCUT2D eigenvalue weighted by atomic mass is 15.3. The van der Waals surface area contributed by atoms with Gasteiger partial charge in [0.05, 0.1) is 0 Å². The highest BCUT2D eigenvalue weighted by Gasteiger charge is 2.17. The van der Waals surface area contributed by atoms with Crippen molar-refractivity contribution in [3.05, 3.63) is 29.7 Å². The third kappa shape index (κ3) is 1.69. The number of rotatable bonds is 2. The van der Waals surface area contributed by atoms with Crippen LogP contribution in [0, 0.1) is 12.8 Å². The van der Waals surface area contributed by atoms with Crippen LogP contribution in [0.5, 0.6) is 0 Å². The quantitative estimate of drug-likeness (QED) is 0.820. The SMILES string of the molecule is Cc1cccn2nc(CC3CCNC3)nc12. The van der Waals surface area contributed by atoms with E-state index >= 15 is 0 Å². The third-order valence-corrected chi connectivity index (χ3v) is 3.23. The van der Waals surface area contributed by atoms with Crippen molar-refractivity contribution in [2.24, 2.45) is 5.92 Å². The Bertz CT molecular complexity index is 497. The van der Waals surface area contributed by atoms with E-state index in [0.29, 0.717) is 5.92 Å². The molecular formula is C12H16N4. The largest absolute Gasteiger partial charge is 0.316 e. The minimum Gasteiger partial charge on any atom is -0.316 e. The second-order valence-electron chi connectivity index (χ2n) is 4.55. The summed E-state index contributed by atoms with van der Waals surface area (Å²) >= 11 is 0. The van der Waals surface area contributed by atoms with E-state index in [-0.39, 0.29) is 0 Å². The minimum absolute atomic E-state index is 0.706. The molecule has 84 valence electrons. The molecule has 1 fully saturated rings. The summed E-state index contributed by atoms with van der Waals surface area (Å²) in [6, 6.07) is 4.09. The lowest BCUT2D eigenvalue weighted by Gasteiger charge is -2.02. The Balaban J connectivity index is 1.90. The molecule has 4 nitrogen and oxygen atoms in total. The Kier molecular flexibility index (Phi) is 2.36. The van der Waals surface area contributed by atoms with Crippen molar-refractivity contribution in [3.8, 4) is 0 Å². The topological polar surface area (TPSA) is 42.2 Å². The number of aromatic nitrogens is 3. The summed E-state index contributed by atoms with van der Waals surface area (Å²) in [6.45, 7) is 4.32. The van der Waals surface area contributed by atoms with Crippen LogP contribution in [-0.2, 0) is 6.42 Å². The van der Waals surface area contributed by atoms with Gasteiger partial charge in [-0.3, -0.25) is 0 Å². The van der Waals surface area contributed by atoms with Gasteiger partial charge in [0, 0.05) is 12.6 Å². The predicted octanol–water partition coefficient (Wildman–Crippen LogP) is 1.19. The first-order chi connectivity index (χ1) is 7.83. The molecule has 1 aliphatic heterocycles.